The molecule has 0 saturated heterocycles. The van der Waals surface area contributed by atoms with Gasteiger partial charge in [-0.3, -0.25) is 0 Å². The van der Waals surface area contributed by atoms with Crippen LogP contribution in [0.1, 0.15) is 27.2 Å². The van der Waals surface area contributed by atoms with Crippen molar-refractivity contribution in [3.63, 3.8) is 0 Å². The van der Waals surface area contributed by atoms with Gasteiger partial charge in [-0.15, -0.1) is 0 Å². The molecular weight excluding hydrogens is 194 g/mol. The highest BCUT2D eigenvalue weighted by atomic mass is 16.6. The van der Waals surface area contributed by atoms with E-state index in [0.29, 0.717) is 24.0 Å². The molecule has 2 aliphatic carbocycles. The molecule has 0 aromatic carbocycles. The van der Waals surface area contributed by atoms with Crippen molar-refractivity contribution < 1.29 is 14.6 Å². The molecule has 0 spiro atoms. The molecule has 84 valence electrons. The van der Waals surface area contributed by atoms with Gasteiger partial charge in [0.2, 0.25) is 0 Å². The fourth-order valence-corrected chi connectivity index (χ4v) is 2.07. The highest BCUT2D eigenvalue weighted by Gasteiger charge is 2.53. The highest BCUT2D eigenvalue weighted by Crippen LogP contribution is 2.49. The zero-order chi connectivity index (χ0) is 11.2. The van der Waals surface area contributed by atoms with Gasteiger partial charge in [0.05, 0.1) is 5.76 Å². The fourth-order valence-electron chi connectivity index (χ4n) is 2.07. The van der Waals surface area contributed by atoms with Crippen LogP contribution in [0.15, 0.2) is 11.8 Å². The molecule has 0 radical (unpaired) electrons. The third kappa shape index (κ3) is 2.25. The average Bonchev–Trinajstić information content (AvgIpc) is 2.54. The molecule has 1 saturated carbocycles. The van der Waals surface area contributed by atoms with Crippen molar-refractivity contribution in [1.82, 2.24) is 5.32 Å². The second-order valence-corrected chi connectivity index (χ2v) is 5.28. The van der Waals surface area contributed by atoms with E-state index in [0.717, 1.165) is 0 Å². The highest BCUT2D eigenvalue weighted by molar-refractivity contribution is 5.69. The molecule has 0 bridgehead atoms. The summed E-state index contributed by atoms with van der Waals surface area (Å²) in [4.78, 5) is 11.4. The SMILES string of the molecule is CC(C)(C)OC(=O)NC1C2C=C(O)CC21. The number of ether oxygens (including phenoxy) is 1. The van der Waals surface area contributed by atoms with Crippen molar-refractivity contribution in [2.24, 2.45) is 11.8 Å². The lowest BCUT2D eigenvalue weighted by atomic mass is 10.2. The Morgan fingerprint density at radius 3 is 2.73 bits per heavy atom. The summed E-state index contributed by atoms with van der Waals surface area (Å²) < 4.78 is 5.15. The molecule has 15 heavy (non-hydrogen) atoms. The van der Waals surface area contributed by atoms with Crippen molar-refractivity contribution in [3.05, 3.63) is 11.8 Å². The van der Waals surface area contributed by atoms with E-state index in [4.69, 9.17) is 4.74 Å². The first-order valence-electron chi connectivity index (χ1n) is 5.26. The van der Waals surface area contributed by atoms with Crippen LogP contribution < -0.4 is 5.32 Å². The van der Waals surface area contributed by atoms with E-state index in [1.54, 1.807) is 0 Å². The van der Waals surface area contributed by atoms with Gasteiger partial charge in [0.25, 0.3) is 0 Å². The Morgan fingerprint density at radius 1 is 1.60 bits per heavy atom. The van der Waals surface area contributed by atoms with E-state index < -0.39 is 5.60 Å². The van der Waals surface area contributed by atoms with Gasteiger partial charge in [-0.05, 0) is 32.8 Å². The van der Waals surface area contributed by atoms with Crippen LogP contribution in [0, 0.1) is 11.8 Å². The Hall–Kier alpha value is -1.19. The van der Waals surface area contributed by atoms with Crippen molar-refractivity contribution in [1.29, 1.82) is 0 Å². The first-order valence-corrected chi connectivity index (χ1v) is 5.26. The van der Waals surface area contributed by atoms with E-state index in [2.05, 4.69) is 5.32 Å². The number of rotatable bonds is 1. The van der Waals surface area contributed by atoms with E-state index in [-0.39, 0.29) is 12.1 Å². The van der Waals surface area contributed by atoms with Gasteiger partial charge in [-0.1, -0.05) is 0 Å². The topological polar surface area (TPSA) is 58.6 Å². The Kier molecular flexibility index (Phi) is 2.17. The average molecular weight is 211 g/mol. The minimum absolute atomic E-state index is 0.163. The maximum atomic E-state index is 11.4. The molecular formula is C11H17NO3. The number of aliphatic hydroxyl groups is 1. The summed E-state index contributed by atoms with van der Waals surface area (Å²) in [6.45, 7) is 5.52. The van der Waals surface area contributed by atoms with Crippen molar-refractivity contribution in [2.45, 2.75) is 38.8 Å². The molecule has 0 heterocycles. The molecule has 0 aliphatic heterocycles. The summed E-state index contributed by atoms with van der Waals surface area (Å²) in [6.07, 6.45) is 2.15. The summed E-state index contributed by atoms with van der Waals surface area (Å²) in [5, 5.41) is 12.0. The Balaban J connectivity index is 1.79. The fraction of sp³-hybridized carbons (Fsp3) is 0.727. The smallest absolute Gasteiger partial charge is 0.407 e. The largest absolute Gasteiger partial charge is 0.513 e. The number of allylic oxidation sites excluding steroid dienone is 1. The second-order valence-electron chi connectivity index (χ2n) is 5.28. The molecule has 0 aromatic heterocycles. The van der Waals surface area contributed by atoms with Crippen LogP contribution in [-0.4, -0.2) is 22.8 Å². The van der Waals surface area contributed by atoms with Crippen LogP contribution in [0.3, 0.4) is 0 Å². The molecule has 1 amide bonds. The van der Waals surface area contributed by atoms with Crippen LogP contribution >= 0.6 is 0 Å². The molecule has 0 aromatic rings. The van der Waals surface area contributed by atoms with Gasteiger partial charge < -0.3 is 15.2 Å². The third-order valence-corrected chi connectivity index (χ3v) is 2.74. The predicted octanol–water partition coefficient (Wildman–Crippen LogP) is 1.97. The van der Waals surface area contributed by atoms with Gasteiger partial charge >= 0.3 is 6.09 Å². The zero-order valence-corrected chi connectivity index (χ0v) is 9.28. The van der Waals surface area contributed by atoms with Crippen LogP contribution in [0.5, 0.6) is 0 Å². The number of fused-ring (bicyclic) bond motifs is 1. The molecule has 2 aliphatic rings. The van der Waals surface area contributed by atoms with Crippen LogP contribution in [0.25, 0.3) is 0 Å². The molecule has 3 unspecified atom stereocenters. The summed E-state index contributed by atoms with van der Waals surface area (Å²) in [6, 6.07) is 0.163. The van der Waals surface area contributed by atoms with Crippen molar-refractivity contribution in [3.8, 4) is 0 Å². The summed E-state index contributed by atoms with van der Waals surface area (Å²) in [7, 11) is 0. The number of hydrogen-bond acceptors (Lipinski definition) is 3. The zero-order valence-electron chi connectivity index (χ0n) is 9.28. The Bertz CT molecular complexity index is 316. The summed E-state index contributed by atoms with van der Waals surface area (Å²) in [5.41, 5.74) is -0.452. The number of aliphatic hydroxyl groups excluding tert-OH is 1. The number of carbonyl (C=O) groups excluding carboxylic acids is 1. The molecule has 4 nitrogen and oxygen atoms in total. The second kappa shape index (κ2) is 3.15. The normalized spacial score (nSPS) is 33.0. The standard InChI is InChI=1S/C11H17NO3/c1-11(2,3)15-10(14)12-9-7-4-6(13)5-8(7)9/h4,7-9,13H,5H2,1-3H3,(H,12,14). The van der Waals surface area contributed by atoms with E-state index in [9.17, 15) is 9.90 Å². The number of hydrogen-bond donors (Lipinski definition) is 2. The summed E-state index contributed by atoms with van der Waals surface area (Å²) in [5.74, 6) is 1.15. The predicted molar refractivity (Wildman–Crippen MR) is 55.5 cm³/mol. The van der Waals surface area contributed by atoms with Gasteiger partial charge in [-0.2, -0.15) is 0 Å². The summed E-state index contributed by atoms with van der Waals surface area (Å²) >= 11 is 0. The maximum absolute atomic E-state index is 11.4. The van der Waals surface area contributed by atoms with Gasteiger partial charge in [0.15, 0.2) is 0 Å². The lowest BCUT2D eigenvalue weighted by Gasteiger charge is -2.20. The lowest BCUT2D eigenvalue weighted by Crippen LogP contribution is -2.35. The van der Waals surface area contributed by atoms with Gasteiger partial charge in [0.1, 0.15) is 5.60 Å². The number of alkyl carbamates (subject to hydrolysis) is 1. The lowest BCUT2D eigenvalue weighted by molar-refractivity contribution is 0.0518. The minimum atomic E-state index is -0.452. The minimum Gasteiger partial charge on any atom is -0.513 e. The van der Waals surface area contributed by atoms with Crippen molar-refractivity contribution >= 4 is 6.09 Å². The molecule has 2 rings (SSSR count). The third-order valence-electron chi connectivity index (χ3n) is 2.74. The van der Waals surface area contributed by atoms with Crippen LogP contribution in [0.4, 0.5) is 4.79 Å². The monoisotopic (exact) mass is 211 g/mol. The first-order chi connectivity index (χ1) is 6.87. The number of carbonyl (C=O) groups is 1. The quantitative estimate of drug-likeness (QED) is 0.697. The molecule has 2 N–H and O–H groups in total. The van der Waals surface area contributed by atoms with E-state index in [1.807, 2.05) is 26.8 Å². The number of nitrogens with one attached hydrogen (secondary N) is 1. The molecule has 1 fully saturated rings. The Labute approximate surface area is 89.3 Å². The van der Waals surface area contributed by atoms with Crippen LogP contribution in [-0.2, 0) is 4.74 Å². The van der Waals surface area contributed by atoms with E-state index in [1.165, 1.54) is 0 Å². The maximum Gasteiger partial charge on any atom is 0.407 e. The first kappa shape index (κ1) is 10.3. The van der Waals surface area contributed by atoms with Gasteiger partial charge in [-0.25, -0.2) is 4.79 Å². The number of amides is 1. The van der Waals surface area contributed by atoms with E-state index >= 15 is 0 Å². The van der Waals surface area contributed by atoms with Gasteiger partial charge in [0, 0.05) is 18.4 Å². The molecule has 4 heteroatoms. The van der Waals surface area contributed by atoms with Crippen molar-refractivity contribution in [2.75, 3.05) is 0 Å². The Morgan fingerprint density at radius 2 is 2.27 bits per heavy atom. The van der Waals surface area contributed by atoms with Crippen LogP contribution in [0.2, 0.25) is 0 Å². The molecule has 3 atom stereocenters.